The van der Waals surface area contributed by atoms with E-state index in [1.165, 1.54) is 0 Å². The van der Waals surface area contributed by atoms with Crippen LogP contribution in [0.3, 0.4) is 0 Å². The summed E-state index contributed by atoms with van der Waals surface area (Å²) in [6, 6.07) is 18.0. The predicted octanol–water partition coefficient (Wildman–Crippen LogP) is 2.79. The topological polar surface area (TPSA) is 46.5 Å². The molecule has 0 aromatic heterocycles. The first-order valence-corrected chi connectivity index (χ1v) is 6.65. The number of ether oxygens (including phenoxy) is 1. The summed E-state index contributed by atoms with van der Waals surface area (Å²) in [5.41, 5.74) is -0.144. The second-order valence-electron chi connectivity index (χ2n) is 4.48. The van der Waals surface area contributed by atoms with E-state index in [2.05, 4.69) is 0 Å². The highest BCUT2D eigenvalue weighted by Gasteiger charge is 2.41. The van der Waals surface area contributed by atoms with Gasteiger partial charge in [0.05, 0.1) is 6.61 Å². The van der Waals surface area contributed by atoms with Gasteiger partial charge in [0.25, 0.3) is 0 Å². The number of aliphatic hydroxyl groups excluding tert-OH is 1. The van der Waals surface area contributed by atoms with Crippen LogP contribution in [-0.2, 0) is 10.3 Å². The number of hydrogen-bond donors (Lipinski definition) is 1. The van der Waals surface area contributed by atoms with E-state index in [1.807, 2.05) is 31.2 Å². The maximum Gasteiger partial charge on any atom is 0.201 e. The quantitative estimate of drug-likeness (QED) is 0.821. The van der Waals surface area contributed by atoms with Gasteiger partial charge in [-0.3, -0.25) is 4.79 Å². The molecule has 0 aliphatic heterocycles. The minimum atomic E-state index is -1.34. The zero-order chi connectivity index (χ0) is 14.4. The van der Waals surface area contributed by atoms with Crippen LogP contribution in [0, 0.1) is 0 Å². The van der Waals surface area contributed by atoms with Crippen LogP contribution in [0.5, 0.6) is 0 Å². The third-order valence-corrected chi connectivity index (χ3v) is 3.26. The van der Waals surface area contributed by atoms with Crippen molar-refractivity contribution < 1.29 is 14.6 Å². The summed E-state index contributed by atoms with van der Waals surface area (Å²) >= 11 is 0. The van der Waals surface area contributed by atoms with E-state index in [4.69, 9.17) is 4.74 Å². The lowest BCUT2D eigenvalue weighted by Gasteiger charge is -2.30. The Morgan fingerprint density at radius 2 is 1.60 bits per heavy atom. The molecule has 3 heteroatoms. The normalized spacial score (nSPS) is 13.7. The average molecular weight is 270 g/mol. The summed E-state index contributed by atoms with van der Waals surface area (Å²) < 4.78 is 5.68. The molecule has 2 aromatic carbocycles. The van der Waals surface area contributed by atoms with E-state index < -0.39 is 12.2 Å². The lowest BCUT2D eigenvalue weighted by atomic mass is 9.86. The van der Waals surface area contributed by atoms with Crippen LogP contribution < -0.4 is 0 Å². The van der Waals surface area contributed by atoms with Gasteiger partial charge in [-0.1, -0.05) is 60.7 Å². The number of rotatable bonds is 6. The molecular weight excluding hydrogens is 252 g/mol. The van der Waals surface area contributed by atoms with E-state index in [9.17, 15) is 9.90 Å². The molecule has 20 heavy (non-hydrogen) atoms. The van der Waals surface area contributed by atoms with Crippen LogP contribution in [0.25, 0.3) is 0 Å². The summed E-state index contributed by atoms with van der Waals surface area (Å²) in [7, 11) is 0. The molecule has 0 heterocycles. The number of Topliss-reactive ketones (excluding diaryl/α,β-unsaturated/α-hetero) is 1. The van der Waals surface area contributed by atoms with Crippen molar-refractivity contribution in [1.29, 1.82) is 0 Å². The molecule has 1 atom stereocenters. The van der Waals surface area contributed by atoms with Gasteiger partial charge < -0.3 is 9.84 Å². The fourth-order valence-electron chi connectivity index (χ4n) is 2.27. The monoisotopic (exact) mass is 270 g/mol. The van der Waals surface area contributed by atoms with Gasteiger partial charge in [0.2, 0.25) is 5.78 Å². The maximum atomic E-state index is 12.8. The molecule has 0 aliphatic rings. The molecule has 1 N–H and O–H groups in total. The number of ketones is 1. The standard InChI is InChI=1S/C17H18O3/c1-2-20-17(13-18,15-11-7-4-8-12-15)16(19)14-9-5-3-6-10-14/h3-12,18H,2,13H2,1H3. The lowest BCUT2D eigenvalue weighted by molar-refractivity contribution is -0.0549. The van der Waals surface area contributed by atoms with Crippen molar-refractivity contribution in [2.24, 2.45) is 0 Å². The van der Waals surface area contributed by atoms with E-state index in [-0.39, 0.29) is 5.78 Å². The van der Waals surface area contributed by atoms with Gasteiger partial charge in [0.1, 0.15) is 0 Å². The van der Waals surface area contributed by atoms with Crippen molar-refractivity contribution in [2.45, 2.75) is 12.5 Å². The van der Waals surface area contributed by atoms with Gasteiger partial charge >= 0.3 is 0 Å². The summed E-state index contributed by atoms with van der Waals surface area (Å²) in [4.78, 5) is 12.8. The van der Waals surface area contributed by atoms with E-state index in [1.54, 1.807) is 36.4 Å². The van der Waals surface area contributed by atoms with Gasteiger partial charge in [0.15, 0.2) is 5.60 Å². The molecule has 104 valence electrons. The number of hydrogen-bond acceptors (Lipinski definition) is 3. The molecule has 0 bridgehead atoms. The van der Waals surface area contributed by atoms with Gasteiger partial charge in [0, 0.05) is 12.2 Å². The highest BCUT2D eigenvalue weighted by Crippen LogP contribution is 2.29. The van der Waals surface area contributed by atoms with Crippen LogP contribution in [0.2, 0.25) is 0 Å². The van der Waals surface area contributed by atoms with Gasteiger partial charge in [-0.15, -0.1) is 0 Å². The first-order valence-electron chi connectivity index (χ1n) is 6.65. The van der Waals surface area contributed by atoms with E-state index >= 15 is 0 Å². The Labute approximate surface area is 118 Å². The second kappa shape index (κ2) is 6.46. The van der Waals surface area contributed by atoms with Crippen LogP contribution in [0.1, 0.15) is 22.8 Å². The van der Waals surface area contributed by atoms with Crippen LogP contribution in [0.4, 0.5) is 0 Å². The molecule has 0 amide bonds. The summed E-state index contributed by atoms with van der Waals surface area (Å²) in [5, 5.41) is 9.85. The highest BCUT2D eigenvalue weighted by atomic mass is 16.5. The number of aliphatic hydroxyl groups is 1. The molecule has 0 spiro atoms. The fourth-order valence-corrected chi connectivity index (χ4v) is 2.27. The van der Waals surface area contributed by atoms with Crippen LogP contribution in [-0.4, -0.2) is 24.1 Å². The maximum absolute atomic E-state index is 12.8. The summed E-state index contributed by atoms with van der Waals surface area (Å²) in [6.07, 6.45) is 0. The van der Waals surface area contributed by atoms with Crippen molar-refractivity contribution in [3.05, 3.63) is 71.8 Å². The molecule has 2 aromatic rings. The Morgan fingerprint density at radius 3 is 2.10 bits per heavy atom. The zero-order valence-electron chi connectivity index (χ0n) is 11.5. The van der Waals surface area contributed by atoms with Gasteiger partial charge in [-0.05, 0) is 12.5 Å². The SMILES string of the molecule is CCOC(CO)(C(=O)c1ccccc1)c1ccccc1. The van der Waals surface area contributed by atoms with Gasteiger partial charge in [-0.2, -0.15) is 0 Å². The van der Waals surface area contributed by atoms with Crippen molar-refractivity contribution in [1.82, 2.24) is 0 Å². The van der Waals surface area contributed by atoms with Crippen molar-refractivity contribution in [2.75, 3.05) is 13.2 Å². The smallest absolute Gasteiger partial charge is 0.201 e. The van der Waals surface area contributed by atoms with Crippen LogP contribution >= 0.6 is 0 Å². The largest absolute Gasteiger partial charge is 0.392 e. The Balaban J connectivity index is 2.50. The molecule has 0 fully saturated rings. The van der Waals surface area contributed by atoms with E-state index in [0.717, 1.165) is 0 Å². The lowest BCUT2D eigenvalue weighted by Crippen LogP contribution is -2.42. The number of carbonyl (C=O) groups excluding carboxylic acids is 1. The average Bonchev–Trinajstić information content (AvgIpc) is 2.54. The zero-order valence-corrected chi connectivity index (χ0v) is 11.5. The predicted molar refractivity (Wildman–Crippen MR) is 77.6 cm³/mol. The first-order chi connectivity index (χ1) is 9.74. The van der Waals surface area contributed by atoms with Crippen molar-refractivity contribution >= 4 is 5.78 Å². The molecule has 0 aliphatic carbocycles. The fraction of sp³-hybridized carbons (Fsp3) is 0.235. The molecule has 0 saturated carbocycles. The number of benzene rings is 2. The Bertz CT molecular complexity index is 551. The van der Waals surface area contributed by atoms with Crippen molar-refractivity contribution in [3.63, 3.8) is 0 Å². The van der Waals surface area contributed by atoms with Crippen molar-refractivity contribution in [3.8, 4) is 0 Å². The van der Waals surface area contributed by atoms with Gasteiger partial charge in [-0.25, -0.2) is 0 Å². The molecular formula is C17H18O3. The molecule has 0 radical (unpaired) electrons. The third kappa shape index (κ3) is 2.64. The Kier molecular flexibility index (Phi) is 4.66. The Morgan fingerprint density at radius 1 is 1.05 bits per heavy atom. The molecule has 2 rings (SSSR count). The highest BCUT2D eigenvalue weighted by molar-refractivity contribution is 6.03. The minimum Gasteiger partial charge on any atom is -0.392 e. The molecule has 1 unspecified atom stereocenters. The Hall–Kier alpha value is -1.97. The second-order valence-corrected chi connectivity index (χ2v) is 4.48. The first kappa shape index (κ1) is 14.4. The summed E-state index contributed by atoms with van der Waals surface area (Å²) in [5.74, 6) is -0.228. The number of carbonyl (C=O) groups is 1. The molecule has 0 saturated heterocycles. The third-order valence-electron chi connectivity index (χ3n) is 3.26. The minimum absolute atomic E-state index is 0.228. The van der Waals surface area contributed by atoms with E-state index in [0.29, 0.717) is 17.7 Å². The van der Waals surface area contributed by atoms with Crippen LogP contribution in [0.15, 0.2) is 60.7 Å². The summed E-state index contributed by atoms with van der Waals surface area (Å²) in [6.45, 7) is 1.76. The molecule has 3 nitrogen and oxygen atoms in total.